The van der Waals surface area contributed by atoms with E-state index in [2.05, 4.69) is 39.6 Å². The summed E-state index contributed by atoms with van der Waals surface area (Å²) in [6.45, 7) is 6.51. The highest BCUT2D eigenvalue weighted by molar-refractivity contribution is 7.99. The number of aromatic nitrogens is 3. The van der Waals surface area contributed by atoms with Crippen LogP contribution in [0, 0.1) is 5.92 Å². The van der Waals surface area contributed by atoms with Crippen molar-refractivity contribution in [2.45, 2.75) is 25.9 Å². The Morgan fingerprint density at radius 1 is 1.39 bits per heavy atom. The lowest BCUT2D eigenvalue weighted by Crippen LogP contribution is -2.00. The lowest BCUT2D eigenvalue weighted by molar-refractivity contribution is 0.174. The van der Waals surface area contributed by atoms with Crippen molar-refractivity contribution >= 4 is 23.4 Å². The number of hydrogen-bond donors (Lipinski definition) is 2. The van der Waals surface area contributed by atoms with Crippen LogP contribution in [0.5, 0.6) is 11.5 Å². The second kappa shape index (κ2) is 6.91. The quantitative estimate of drug-likeness (QED) is 0.480. The molecule has 1 aliphatic heterocycles. The van der Waals surface area contributed by atoms with Crippen LogP contribution in [0.4, 0.5) is 5.95 Å². The molecule has 1 aromatic carbocycles. The Labute approximate surface area is 138 Å². The van der Waals surface area contributed by atoms with Crippen LogP contribution in [0.15, 0.2) is 28.5 Å². The lowest BCUT2D eigenvalue weighted by Gasteiger charge is -2.03. The highest BCUT2D eigenvalue weighted by Gasteiger charge is 2.14. The number of H-pyrrole nitrogens is 1. The first kappa shape index (κ1) is 15.7. The fourth-order valence-corrected chi connectivity index (χ4v) is 2.67. The van der Waals surface area contributed by atoms with Gasteiger partial charge >= 0.3 is 0 Å². The molecule has 0 amide bonds. The van der Waals surface area contributed by atoms with Gasteiger partial charge in [-0.3, -0.25) is 0 Å². The number of hydrogen-bond acceptors (Lipinski definition) is 7. The van der Waals surface area contributed by atoms with Gasteiger partial charge in [0.2, 0.25) is 17.9 Å². The number of fused-ring (bicyclic) bond motifs is 1. The van der Waals surface area contributed by atoms with Crippen LogP contribution in [-0.4, -0.2) is 33.4 Å². The van der Waals surface area contributed by atoms with E-state index >= 15 is 0 Å². The van der Waals surface area contributed by atoms with Gasteiger partial charge in [-0.1, -0.05) is 25.6 Å². The van der Waals surface area contributed by atoms with Crippen molar-refractivity contribution in [2.75, 3.05) is 18.0 Å². The highest BCUT2D eigenvalue weighted by Crippen LogP contribution is 2.32. The Morgan fingerprint density at radius 3 is 3.04 bits per heavy atom. The summed E-state index contributed by atoms with van der Waals surface area (Å²) in [5.74, 6) is 3.61. The van der Waals surface area contributed by atoms with Crippen LogP contribution in [0.3, 0.4) is 0 Å². The van der Waals surface area contributed by atoms with Gasteiger partial charge < -0.3 is 9.47 Å². The minimum Gasteiger partial charge on any atom is -0.454 e. The minimum atomic E-state index is 0.266. The summed E-state index contributed by atoms with van der Waals surface area (Å²) in [7, 11) is 0. The predicted molar refractivity (Wildman–Crippen MR) is 90.3 cm³/mol. The molecule has 8 heteroatoms. The Bertz CT molecular complexity index is 714. The van der Waals surface area contributed by atoms with Crippen LogP contribution in [0.2, 0.25) is 0 Å². The minimum absolute atomic E-state index is 0.266. The van der Waals surface area contributed by atoms with Gasteiger partial charge in [-0.2, -0.15) is 10.1 Å². The molecule has 0 spiro atoms. The summed E-state index contributed by atoms with van der Waals surface area (Å²) in [6, 6.07) is 5.73. The molecular formula is C15H19N5O2S. The number of rotatable bonds is 6. The molecule has 0 unspecified atom stereocenters. The summed E-state index contributed by atoms with van der Waals surface area (Å²) in [5, 5.41) is 12.0. The Kier molecular flexibility index (Phi) is 4.71. The molecule has 3 rings (SSSR count). The van der Waals surface area contributed by atoms with E-state index < -0.39 is 0 Å². The van der Waals surface area contributed by atoms with Crippen molar-refractivity contribution < 1.29 is 9.47 Å². The van der Waals surface area contributed by atoms with Gasteiger partial charge in [0.05, 0.1) is 5.71 Å². The van der Waals surface area contributed by atoms with Crippen molar-refractivity contribution in [3.63, 3.8) is 0 Å². The van der Waals surface area contributed by atoms with E-state index in [1.54, 1.807) is 11.8 Å². The van der Waals surface area contributed by atoms with Crippen molar-refractivity contribution in [3.8, 4) is 11.5 Å². The molecule has 2 N–H and O–H groups in total. The number of benzene rings is 1. The smallest absolute Gasteiger partial charge is 0.240 e. The van der Waals surface area contributed by atoms with Crippen molar-refractivity contribution in [3.05, 3.63) is 23.8 Å². The van der Waals surface area contributed by atoms with E-state index in [0.29, 0.717) is 11.9 Å². The molecule has 0 fully saturated rings. The number of thioether (sulfide) groups is 1. The summed E-state index contributed by atoms with van der Waals surface area (Å²) >= 11 is 1.62. The molecule has 23 heavy (non-hydrogen) atoms. The Balaban J connectivity index is 1.63. The third kappa shape index (κ3) is 3.95. The molecule has 1 aliphatic rings. The summed E-state index contributed by atoms with van der Waals surface area (Å²) < 4.78 is 10.7. The van der Waals surface area contributed by atoms with Crippen molar-refractivity contribution in [1.29, 1.82) is 0 Å². The zero-order valence-electron chi connectivity index (χ0n) is 13.3. The normalized spacial score (nSPS) is 13.7. The third-order valence-corrected chi connectivity index (χ3v) is 4.40. The third-order valence-electron chi connectivity index (χ3n) is 3.13. The molecule has 0 saturated heterocycles. The fourth-order valence-electron chi connectivity index (χ4n) is 1.93. The van der Waals surface area contributed by atoms with E-state index in [0.717, 1.165) is 33.7 Å². The number of anilines is 1. The monoisotopic (exact) mass is 333 g/mol. The first-order chi connectivity index (χ1) is 11.1. The molecule has 7 nitrogen and oxygen atoms in total. The second-order valence-electron chi connectivity index (χ2n) is 5.55. The largest absolute Gasteiger partial charge is 0.454 e. The molecular weight excluding hydrogens is 314 g/mol. The molecule has 0 radical (unpaired) electrons. The van der Waals surface area contributed by atoms with Crippen LogP contribution in [0.1, 0.15) is 26.3 Å². The predicted octanol–water partition coefficient (Wildman–Crippen LogP) is 3.12. The number of aromatic amines is 1. The van der Waals surface area contributed by atoms with E-state index in [1.165, 1.54) is 0 Å². The Morgan fingerprint density at radius 2 is 2.22 bits per heavy atom. The lowest BCUT2D eigenvalue weighted by atomic mass is 10.1. The van der Waals surface area contributed by atoms with Gasteiger partial charge in [0.15, 0.2) is 11.5 Å². The topological polar surface area (TPSA) is 84.4 Å². The fraction of sp³-hybridized carbons (Fsp3) is 0.400. The average Bonchev–Trinajstić information content (AvgIpc) is 3.18. The SMILES string of the molecule is C/C(=N\Nc1nc(SCC(C)C)n[nH]1)c1ccc2c(c1)OCO2. The maximum atomic E-state index is 5.37. The molecule has 2 heterocycles. The number of hydrazone groups is 1. The van der Waals surface area contributed by atoms with Crippen molar-refractivity contribution in [1.82, 2.24) is 15.2 Å². The highest BCUT2D eigenvalue weighted by atomic mass is 32.2. The van der Waals surface area contributed by atoms with Crippen LogP contribution in [-0.2, 0) is 0 Å². The summed E-state index contributed by atoms with van der Waals surface area (Å²) in [4.78, 5) is 4.34. The van der Waals surface area contributed by atoms with E-state index in [1.807, 2.05) is 25.1 Å². The van der Waals surface area contributed by atoms with E-state index in [-0.39, 0.29) is 6.79 Å². The molecule has 1 aromatic heterocycles. The zero-order valence-corrected chi connectivity index (χ0v) is 14.1. The van der Waals surface area contributed by atoms with Gasteiger partial charge in [0, 0.05) is 11.3 Å². The zero-order chi connectivity index (χ0) is 16.2. The van der Waals surface area contributed by atoms with Crippen LogP contribution >= 0.6 is 11.8 Å². The molecule has 0 aliphatic carbocycles. The van der Waals surface area contributed by atoms with Crippen LogP contribution < -0.4 is 14.9 Å². The molecule has 0 saturated carbocycles. The first-order valence-electron chi connectivity index (χ1n) is 7.37. The van der Waals surface area contributed by atoms with Crippen LogP contribution in [0.25, 0.3) is 0 Å². The second-order valence-corrected chi connectivity index (χ2v) is 6.54. The summed E-state index contributed by atoms with van der Waals surface area (Å²) in [5.41, 5.74) is 4.66. The number of nitrogens with one attached hydrogen (secondary N) is 2. The standard InChI is InChI=1S/C15H19N5O2S/c1-9(2)7-23-15-16-14(19-20-15)18-17-10(3)11-4-5-12-13(6-11)22-8-21-12/h4-6,9H,7-8H2,1-3H3,(H2,16,18,19,20)/b17-10+. The average molecular weight is 333 g/mol. The van der Waals surface area contributed by atoms with E-state index in [9.17, 15) is 0 Å². The van der Waals surface area contributed by atoms with Gasteiger partial charge in [-0.05, 0) is 31.0 Å². The molecule has 2 aromatic rings. The molecule has 0 bridgehead atoms. The molecule has 122 valence electrons. The first-order valence-corrected chi connectivity index (χ1v) is 8.36. The summed E-state index contributed by atoms with van der Waals surface area (Å²) in [6.07, 6.45) is 0. The van der Waals surface area contributed by atoms with Gasteiger partial charge in [-0.25, -0.2) is 10.5 Å². The maximum absolute atomic E-state index is 5.37. The Hall–Kier alpha value is -2.22. The number of ether oxygens (including phenoxy) is 2. The molecule has 0 atom stereocenters. The van der Waals surface area contributed by atoms with Gasteiger partial charge in [0.1, 0.15) is 0 Å². The van der Waals surface area contributed by atoms with Gasteiger partial charge in [-0.15, -0.1) is 5.10 Å². The van der Waals surface area contributed by atoms with Crippen molar-refractivity contribution in [2.24, 2.45) is 11.0 Å². The maximum Gasteiger partial charge on any atom is 0.240 e. The van der Waals surface area contributed by atoms with Gasteiger partial charge in [0.25, 0.3) is 0 Å². The van der Waals surface area contributed by atoms with E-state index in [4.69, 9.17) is 9.47 Å². The number of nitrogens with zero attached hydrogens (tertiary/aromatic N) is 3.